The van der Waals surface area contributed by atoms with Crippen LogP contribution in [0.1, 0.15) is 6.42 Å². The molecule has 3 N–H and O–H groups in total. The van der Waals surface area contributed by atoms with Crippen LogP contribution in [0.2, 0.25) is 0 Å². The fourth-order valence-electron chi connectivity index (χ4n) is 2.56. The molecule has 1 unspecified atom stereocenters. The fraction of sp³-hybridized carbons (Fsp3) is 0.385. The molecular weight excluding hydrogens is 246 g/mol. The first-order valence-corrected chi connectivity index (χ1v) is 6.32. The van der Waals surface area contributed by atoms with E-state index in [-0.39, 0.29) is 16.8 Å². The number of para-hydroxylation sites is 1. The minimum absolute atomic E-state index is 0.0821. The van der Waals surface area contributed by atoms with Crippen LogP contribution in [0, 0.1) is 5.92 Å². The molecule has 6 nitrogen and oxygen atoms in total. The fourth-order valence-corrected chi connectivity index (χ4v) is 2.56. The SMILES string of the molecule is O=c1[nH]c2c(O)cccc2c(=O)n1CC1CCNC1. The van der Waals surface area contributed by atoms with Gasteiger partial charge in [-0.15, -0.1) is 0 Å². The van der Waals surface area contributed by atoms with Gasteiger partial charge in [0.05, 0.1) is 10.9 Å². The van der Waals surface area contributed by atoms with Gasteiger partial charge < -0.3 is 15.4 Å². The van der Waals surface area contributed by atoms with Crippen LogP contribution in [0.15, 0.2) is 27.8 Å². The summed E-state index contributed by atoms with van der Waals surface area (Å²) in [6, 6.07) is 4.65. The van der Waals surface area contributed by atoms with Crippen LogP contribution in [0.4, 0.5) is 0 Å². The summed E-state index contributed by atoms with van der Waals surface area (Å²) < 4.78 is 1.22. The lowest BCUT2D eigenvalue weighted by molar-refractivity contribution is 0.457. The molecule has 1 aliphatic heterocycles. The molecule has 1 fully saturated rings. The Bertz CT molecular complexity index is 726. The Morgan fingerprint density at radius 1 is 1.37 bits per heavy atom. The van der Waals surface area contributed by atoms with Crippen molar-refractivity contribution in [2.75, 3.05) is 13.1 Å². The van der Waals surface area contributed by atoms with Crippen molar-refractivity contribution in [1.29, 1.82) is 0 Å². The number of phenolic OH excluding ortho intramolecular Hbond substituents is 1. The van der Waals surface area contributed by atoms with Gasteiger partial charge in [0.15, 0.2) is 0 Å². The smallest absolute Gasteiger partial charge is 0.328 e. The maximum absolute atomic E-state index is 12.3. The molecule has 1 atom stereocenters. The number of hydrogen-bond donors (Lipinski definition) is 3. The number of benzene rings is 1. The summed E-state index contributed by atoms with van der Waals surface area (Å²) in [4.78, 5) is 26.8. The van der Waals surface area contributed by atoms with Crippen LogP contribution in [0.25, 0.3) is 10.9 Å². The first-order chi connectivity index (χ1) is 9.16. The molecule has 3 rings (SSSR count). The molecule has 2 heterocycles. The van der Waals surface area contributed by atoms with E-state index in [9.17, 15) is 14.7 Å². The number of H-pyrrole nitrogens is 1. The number of aromatic hydroxyl groups is 1. The van der Waals surface area contributed by atoms with Crippen LogP contribution in [0.3, 0.4) is 0 Å². The van der Waals surface area contributed by atoms with Gasteiger partial charge in [-0.1, -0.05) is 6.07 Å². The van der Waals surface area contributed by atoms with Crippen molar-refractivity contribution in [2.45, 2.75) is 13.0 Å². The van der Waals surface area contributed by atoms with Gasteiger partial charge >= 0.3 is 5.69 Å². The highest BCUT2D eigenvalue weighted by Gasteiger charge is 2.18. The summed E-state index contributed by atoms with van der Waals surface area (Å²) in [5.74, 6) is 0.218. The van der Waals surface area contributed by atoms with Gasteiger partial charge in [-0.2, -0.15) is 0 Å². The second-order valence-corrected chi connectivity index (χ2v) is 4.90. The van der Waals surface area contributed by atoms with E-state index in [0.29, 0.717) is 17.8 Å². The Hall–Kier alpha value is -2.08. The summed E-state index contributed by atoms with van der Waals surface area (Å²) in [7, 11) is 0. The molecule has 1 aliphatic rings. The second kappa shape index (κ2) is 4.55. The number of fused-ring (bicyclic) bond motifs is 1. The van der Waals surface area contributed by atoms with Gasteiger partial charge in [0.2, 0.25) is 0 Å². The van der Waals surface area contributed by atoms with Crippen molar-refractivity contribution in [3.05, 3.63) is 39.0 Å². The number of aromatic nitrogens is 2. The second-order valence-electron chi connectivity index (χ2n) is 4.90. The third kappa shape index (κ3) is 2.04. The largest absolute Gasteiger partial charge is 0.506 e. The topological polar surface area (TPSA) is 87.1 Å². The van der Waals surface area contributed by atoms with Crippen molar-refractivity contribution in [2.24, 2.45) is 5.92 Å². The Morgan fingerprint density at radius 2 is 2.21 bits per heavy atom. The van der Waals surface area contributed by atoms with E-state index < -0.39 is 5.69 Å². The number of rotatable bonds is 2. The molecule has 1 aromatic carbocycles. The van der Waals surface area contributed by atoms with Crippen LogP contribution in [0.5, 0.6) is 5.75 Å². The lowest BCUT2D eigenvalue weighted by Crippen LogP contribution is -2.37. The number of hydrogen-bond acceptors (Lipinski definition) is 4. The summed E-state index contributed by atoms with van der Waals surface area (Å²) in [5.41, 5.74) is -0.606. The van der Waals surface area contributed by atoms with E-state index in [0.717, 1.165) is 19.5 Å². The van der Waals surface area contributed by atoms with Crippen molar-refractivity contribution in [1.82, 2.24) is 14.9 Å². The Labute approximate surface area is 108 Å². The van der Waals surface area contributed by atoms with Gasteiger partial charge in [-0.3, -0.25) is 9.36 Å². The van der Waals surface area contributed by atoms with Crippen LogP contribution in [-0.2, 0) is 6.54 Å². The quantitative estimate of drug-likeness (QED) is 0.710. The number of nitrogens with zero attached hydrogens (tertiary/aromatic N) is 1. The molecule has 0 aliphatic carbocycles. The Balaban J connectivity index is 2.15. The molecule has 1 saturated heterocycles. The van der Waals surface area contributed by atoms with Crippen molar-refractivity contribution in [3.63, 3.8) is 0 Å². The molecule has 19 heavy (non-hydrogen) atoms. The average molecular weight is 261 g/mol. The van der Waals surface area contributed by atoms with Crippen LogP contribution >= 0.6 is 0 Å². The minimum Gasteiger partial charge on any atom is -0.506 e. The van der Waals surface area contributed by atoms with E-state index in [1.807, 2.05) is 0 Å². The lowest BCUT2D eigenvalue weighted by Gasteiger charge is -2.11. The van der Waals surface area contributed by atoms with E-state index in [2.05, 4.69) is 10.3 Å². The summed E-state index contributed by atoms with van der Waals surface area (Å²) in [5, 5.41) is 13.2. The van der Waals surface area contributed by atoms with E-state index in [1.54, 1.807) is 12.1 Å². The van der Waals surface area contributed by atoms with Gasteiger partial charge in [-0.05, 0) is 37.6 Å². The third-order valence-electron chi connectivity index (χ3n) is 3.60. The van der Waals surface area contributed by atoms with E-state index >= 15 is 0 Å². The van der Waals surface area contributed by atoms with Crippen LogP contribution in [-0.4, -0.2) is 27.7 Å². The molecular formula is C13H15N3O3. The first kappa shape index (κ1) is 12.0. The van der Waals surface area contributed by atoms with Crippen molar-refractivity contribution < 1.29 is 5.11 Å². The third-order valence-corrected chi connectivity index (χ3v) is 3.60. The molecule has 0 bridgehead atoms. The van der Waals surface area contributed by atoms with Crippen LogP contribution < -0.4 is 16.6 Å². The molecule has 2 aromatic rings. The average Bonchev–Trinajstić information content (AvgIpc) is 2.89. The van der Waals surface area contributed by atoms with Gasteiger partial charge in [0.1, 0.15) is 5.75 Å². The van der Waals surface area contributed by atoms with E-state index in [4.69, 9.17) is 0 Å². The summed E-state index contributed by atoms with van der Waals surface area (Å²) in [6.45, 7) is 2.16. The number of nitrogens with one attached hydrogen (secondary N) is 2. The normalized spacial score (nSPS) is 19.1. The minimum atomic E-state index is -0.467. The highest BCUT2D eigenvalue weighted by atomic mass is 16.3. The Morgan fingerprint density at radius 3 is 2.95 bits per heavy atom. The summed E-state index contributed by atoms with van der Waals surface area (Å²) in [6.07, 6.45) is 0.962. The molecule has 1 aromatic heterocycles. The monoisotopic (exact) mass is 261 g/mol. The van der Waals surface area contributed by atoms with Gasteiger partial charge in [-0.25, -0.2) is 4.79 Å². The molecule has 100 valence electrons. The zero-order valence-electron chi connectivity index (χ0n) is 10.3. The van der Waals surface area contributed by atoms with Crippen molar-refractivity contribution >= 4 is 10.9 Å². The van der Waals surface area contributed by atoms with Crippen molar-refractivity contribution in [3.8, 4) is 5.75 Å². The lowest BCUT2D eigenvalue weighted by atomic mass is 10.1. The van der Waals surface area contributed by atoms with Gasteiger partial charge in [0.25, 0.3) is 5.56 Å². The molecule has 6 heteroatoms. The van der Waals surface area contributed by atoms with Gasteiger partial charge in [0, 0.05) is 6.54 Å². The maximum Gasteiger partial charge on any atom is 0.328 e. The highest BCUT2D eigenvalue weighted by molar-refractivity contribution is 5.82. The number of aromatic amines is 1. The predicted octanol–water partition coefficient (Wildman–Crippen LogP) is 0.00490. The highest BCUT2D eigenvalue weighted by Crippen LogP contribution is 2.18. The predicted molar refractivity (Wildman–Crippen MR) is 71.5 cm³/mol. The zero-order valence-corrected chi connectivity index (χ0v) is 10.3. The standard InChI is InChI=1S/C13H15N3O3/c17-10-3-1-2-9-11(10)15-13(19)16(12(9)18)7-8-4-5-14-6-8/h1-3,8,14,17H,4-7H2,(H,15,19). The molecule has 0 saturated carbocycles. The van der Waals surface area contributed by atoms with E-state index in [1.165, 1.54) is 10.6 Å². The number of phenols is 1. The maximum atomic E-state index is 12.3. The Kier molecular flexibility index (Phi) is 2.87. The molecule has 0 amide bonds. The summed E-state index contributed by atoms with van der Waals surface area (Å²) >= 11 is 0. The molecule has 0 radical (unpaired) electrons. The molecule has 0 spiro atoms. The zero-order chi connectivity index (χ0) is 13.4. The first-order valence-electron chi connectivity index (χ1n) is 6.32.